The van der Waals surface area contributed by atoms with E-state index in [0.717, 1.165) is 17.6 Å². The molecule has 1 aromatic rings. The lowest BCUT2D eigenvalue weighted by Crippen LogP contribution is -2.35. The van der Waals surface area contributed by atoms with Crippen LogP contribution < -0.4 is 5.73 Å². The first-order valence-corrected chi connectivity index (χ1v) is 6.67. The highest BCUT2D eigenvalue weighted by Gasteiger charge is 2.27. The summed E-state index contributed by atoms with van der Waals surface area (Å²) >= 11 is 5.33. The molecule has 0 fully saturated rings. The molecule has 2 rings (SSSR count). The minimum atomic E-state index is 0.271. The van der Waals surface area contributed by atoms with Crippen LogP contribution in [0.15, 0.2) is 28.2 Å². The fourth-order valence-corrected chi connectivity index (χ4v) is 3.44. The molecule has 16 heavy (non-hydrogen) atoms. The van der Waals surface area contributed by atoms with Gasteiger partial charge in [-0.25, -0.2) is 0 Å². The van der Waals surface area contributed by atoms with Gasteiger partial charge in [-0.3, -0.25) is 4.99 Å². The maximum Gasteiger partial charge on any atom is 0.192 e. The molecule has 5 heteroatoms. The molecular weight excluding hydrogens is 286 g/mol. The van der Waals surface area contributed by atoms with Crippen LogP contribution in [0.3, 0.4) is 0 Å². The fraction of sp³-hybridized carbons (Fsp3) is 0.364. The van der Waals surface area contributed by atoms with E-state index in [1.807, 2.05) is 6.08 Å². The van der Waals surface area contributed by atoms with Crippen LogP contribution >= 0.6 is 27.3 Å². The Balaban J connectivity index is 2.24. The number of rotatable bonds is 3. The summed E-state index contributed by atoms with van der Waals surface area (Å²) in [5, 5.41) is 0. The van der Waals surface area contributed by atoms with E-state index in [9.17, 15) is 0 Å². The summed E-state index contributed by atoms with van der Waals surface area (Å²) < 4.78 is 1.16. The number of halogens is 1. The van der Waals surface area contributed by atoms with Crippen molar-refractivity contribution in [2.75, 3.05) is 13.1 Å². The van der Waals surface area contributed by atoms with E-state index in [0.29, 0.717) is 5.96 Å². The number of hydrogen-bond acceptors (Lipinski definition) is 4. The molecular formula is C11H14BrN3S. The van der Waals surface area contributed by atoms with E-state index in [-0.39, 0.29) is 6.04 Å². The number of thiophene rings is 1. The largest absolute Gasteiger partial charge is 0.370 e. The van der Waals surface area contributed by atoms with Crippen LogP contribution in [0.25, 0.3) is 0 Å². The van der Waals surface area contributed by atoms with Gasteiger partial charge in [-0.05, 0) is 28.9 Å². The number of aliphatic imine (C=N–C) groups is 1. The SMILES string of the molecule is C=CCN1C(N)=NCC1c1cc(Br)c(C)s1. The van der Waals surface area contributed by atoms with Gasteiger partial charge in [0, 0.05) is 20.8 Å². The quantitative estimate of drug-likeness (QED) is 0.872. The number of nitrogens with zero attached hydrogens (tertiary/aromatic N) is 2. The van der Waals surface area contributed by atoms with E-state index in [2.05, 4.69) is 45.4 Å². The highest BCUT2D eigenvalue weighted by atomic mass is 79.9. The number of nitrogens with two attached hydrogens (primary N) is 1. The van der Waals surface area contributed by atoms with Gasteiger partial charge in [-0.2, -0.15) is 0 Å². The normalized spacial score (nSPS) is 20.0. The Bertz CT molecular complexity index is 419. The summed E-state index contributed by atoms with van der Waals surface area (Å²) in [7, 11) is 0. The Morgan fingerprint density at radius 1 is 1.81 bits per heavy atom. The molecule has 2 N–H and O–H groups in total. The van der Waals surface area contributed by atoms with Crippen molar-refractivity contribution >= 4 is 33.2 Å². The second kappa shape index (κ2) is 4.59. The average Bonchev–Trinajstić information content (AvgIpc) is 2.74. The molecule has 0 amide bonds. The molecule has 1 aliphatic rings. The summed E-state index contributed by atoms with van der Waals surface area (Å²) in [4.78, 5) is 8.98. The fourth-order valence-electron chi connectivity index (χ4n) is 1.78. The number of guanidine groups is 1. The van der Waals surface area contributed by atoms with Crippen LogP contribution in [0.5, 0.6) is 0 Å². The topological polar surface area (TPSA) is 41.6 Å². The average molecular weight is 300 g/mol. The molecule has 0 saturated carbocycles. The number of aryl methyl sites for hydroxylation is 1. The molecule has 0 radical (unpaired) electrons. The summed E-state index contributed by atoms with van der Waals surface area (Å²) in [6.45, 7) is 7.34. The molecule has 0 aliphatic carbocycles. The lowest BCUT2D eigenvalue weighted by Gasteiger charge is -2.23. The minimum absolute atomic E-state index is 0.271. The van der Waals surface area contributed by atoms with Crippen molar-refractivity contribution in [3.8, 4) is 0 Å². The van der Waals surface area contributed by atoms with Crippen molar-refractivity contribution in [1.82, 2.24) is 4.90 Å². The highest BCUT2D eigenvalue weighted by Crippen LogP contribution is 2.35. The van der Waals surface area contributed by atoms with Gasteiger partial charge >= 0.3 is 0 Å². The van der Waals surface area contributed by atoms with Crippen molar-refractivity contribution in [2.24, 2.45) is 10.7 Å². The summed E-state index contributed by atoms with van der Waals surface area (Å²) in [5.41, 5.74) is 5.86. The molecule has 2 heterocycles. The van der Waals surface area contributed by atoms with Crippen molar-refractivity contribution in [3.63, 3.8) is 0 Å². The molecule has 0 saturated heterocycles. The van der Waals surface area contributed by atoms with E-state index in [1.54, 1.807) is 11.3 Å². The smallest absolute Gasteiger partial charge is 0.192 e. The van der Waals surface area contributed by atoms with Crippen LogP contribution in [0.2, 0.25) is 0 Å². The summed E-state index contributed by atoms with van der Waals surface area (Å²) in [5.74, 6) is 0.618. The van der Waals surface area contributed by atoms with Crippen molar-refractivity contribution in [3.05, 3.63) is 32.9 Å². The monoisotopic (exact) mass is 299 g/mol. The Labute approximate surface area is 108 Å². The standard InChI is InChI=1S/C11H14BrN3S/c1-3-4-15-9(6-14-11(15)13)10-5-8(12)7(2)16-10/h3,5,9H,1,4,6H2,2H3,(H2,13,14). The molecule has 86 valence electrons. The zero-order valence-corrected chi connectivity index (χ0v) is 11.5. The Morgan fingerprint density at radius 2 is 2.56 bits per heavy atom. The Morgan fingerprint density at radius 3 is 3.12 bits per heavy atom. The van der Waals surface area contributed by atoms with E-state index < -0.39 is 0 Å². The van der Waals surface area contributed by atoms with E-state index in [1.165, 1.54) is 9.75 Å². The van der Waals surface area contributed by atoms with Crippen LogP contribution in [-0.2, 0) is 0 Å². The van der Waals surface area contributed by atoms with Gasteiger partial charge < -0.3 is 10.6 Å². The second-order valence-corrected chi connectivity index (χ2v) is 5.85. The molecule has 1 atom stereocenters. The van der Waals surface area contributed by atoms with Crippen LogP contribution in [0.1, 0.15) is 15.8 Å². The Hall–Kier alpha value is -0.810. The molecule has 1 unspecified atom stereocenters. The van der Waals surface area contributed by atoms with E-state index in [4.69, 9.17) is 5.73 Å². The predicted octanol–water partition coefficient (Wildman–Crippen LogP) is 2.68. The van der Waals surface area contributed by atoms with Gasteiger partial charge in [-0.15, -0.1) is 17.9 Å². The van der Waals surface area contributed by atoms with E-state index >= 15 is 0 Å². The summed E-state index contributed by atoms with van der Waals surface area (Å²) in [6, 6.07) is 2.43. The molecule has 0 spiro atoms. The van der Waals surface area contributed by atoms with Gasteiger partial charge in [0.25, 0.3) is 0 Å². The molecule has 1 aliphatic heterocycles. The minimum Gasteiger partial charge on any atom is -0.370 e. The van der Waals surface area contributed by atoms with Gasteiger partial charge in [0.15, 0.2) is 5.96 Å². The Kier molecular flexibility index (Phi) is 3.35. The lowest BCUT2D eigenvalue weighted by molar-refractivity contribution is 0.385. The third-order valence-electron chi connectivity index (χ3n) is 2.63. The highest BCUT2D eigenvalue weighted by molar-refractivity contribution is 9.10. The second-order valence-electron chi connectivity index (χ2n) is 3.71. The zero-order valence-electron chi connectivity index (χ0n) is 9.11. The third-order valence-corrected chi connectivity index (χ3v) is 4.87. The predicted molar refractivity (Wildman–Crippen MR) is 72.9 cm³/mol. The lowest BCUT2D eigenvalue weighted by atomic mass is 10.2. The van der Waals surface area contributed by atoms with Crippen LogP contribution in [0, 0.1) is 6.92 Å². The van der Waals surface area contributed by atoms with Crippen molar-refractivity contribution in [2.45, 2.75) is 13.0 Å². The van der Waals surface area contributed by atoms with Crippen LogP contribution in [-0.4, -0.2) is 23.9 Å². The number of hydrogen-bond donors (Lipinski definition) is 1. The van der Waals surface area contributed by atoms with Gasteiger partial charge in [-0.1, -0.05) is 6.08 Å². The molecule has 0 aromatic carbocycles. The van der Waals surface area contributed by atoms with Crippen molar-refractivity contribution in [1.29, 1.82) is 0 Å². The summed E-state index contributed by atoms with van der Waals surface area (Å²) in [6.07, 6.45) is 1.86. The zero-order chi connectivity index (χ0) is 11.7. The van der Waals surface area contributed by atoms with Crippen molar-refractivity contribution < 1.29 is 0 Å². The van der Waals surface area contributed by atoms with Crippen LogP contribution in [0.4, 0.5) is 0 Å². The van der Waals surface area contributed by atoms with Gasteiger partial charge in [0.05, 0.1) is 12.6 Å². The first kappa shape index (κ1) is 11.7. The third kappa shape index (κ3) is 2.01. The van der Waals surface area contributed by atoms with Gasteiger partial charge in [0.1, 0.15) is 0 Å². The molecule has 0 bridgehead atoms. The maximum atomic E-state index is 5.86. The van der Waals surface area contributed by atoms with Gasteiger partial charge in [0.2, 0.25) is 0 Å². The molecule has 3 nitrogen and oxygen atoms in total. The first-order chi connectivity index (χ1) is 7.63. The molecule has 1 aromatic heterocycles. The maximum absolute atomic E-state index is 5.86. The first-order valence-electron chi connectivity index (χ1n) is 5.06.